The van der Waals surface area contributed by atoms with Crippen molar-refractivity contribution >= 4 is 11.2 Å². The molecule has 1 atom stereocenters. The van der Waals surface area contributed by atoms with Gasteiger partial charge >= 0.3 is 5.69 Å². The third-order valence-corrected chi connectivity index (χ3v) is 4.44. The molecule has 3 rings (SSSR count). The van der Waals surface area contributed by atoms with E-state index in [1.807, 2.05) is 4.57 Å². The fraction of sp³-hybridized carbons (Fsp3) is 0.643. The molecule has 0 radical (unpaired) electrons. The summed E-state index contributed by atoms with van der Waals surface area (Å²) >= 11 is 0. The summed E-state index contributed by atoms with van der Waals surface area (Å²) in [6.07, 6.45) is 4.15. The average Bonchev–Trinajstić information content (AvgIpc) is 3.12. The van der Waals surface area contributed by atoms with Crippen molar-refractivity contribution in [1.82, 2.24) is 23.6 Å². The van der Waals surface area contributed by atoms with E-state index < -0.39 is 0 Å². The van der Waals surface area contributed by atoms with Crippen molar-refractivity contribution in [1.29, 1.82) is 0 Å². The first-order chi connectivity index (χ1) is 10.0. The van der Waals surface area contributed by atoms with Crippen LogP contribution in [0.3, 0.4) is 0 Å². The predicted molar refractivity (Wildman–Crippen MR) is 80.5 cm³/mol. The molecule has 2 aromatic rings. The summed E-state index contributed by atoms with van der Waals surface area (Å²) in [7, 11) is 3.15. The second kappa shape index (κ2) is 5.14. The Morgan fingerprint density at radius 3 is 2.52 bits per heavy atom. The topological polar surface area (TPSA) is 65.1 Å². The molecule has 7 nitrogen and oxygen atoms in total. The van der Waals surface area contributed by atoms with E-state index in [-0.39, 0.29) is 11.2 Å². The molecule has 2 aromatic heterocycles. The molecule has 1 unspecified atom stereocenters. The van der Waals surface area contributed by atoms with Crippen LogP contribution in [-0.4, -0.2) is 42.7 Å². The number of rotatable bonds is 3. The van der Waals surface area contributed by atoms with Crippen LogP contribution >= 0.6 is 0 Å². The second-order valence-corrected chi connectivity index (χ2v) is 5.87. The van der Waals surface area contributed by atoms with Gasteiger partial charge in [0.2, 0.25) is 0 Å². The molecule has 0 aromatic carbocycles. The minimum Gasteiger partial charge on any atom is -0.323 e. The molecular formula is C14H21N5O2. The highest BCUT2D eigenvalue weighted by atomic mass is 16.2. The Kier molecular flexibility index (Phi) is 3.44. The van der Waals surface area contributed by atoms with Crippen LogP contribution in [0, 0.1) is 0 Å². The van der Waals surface area contributed by atoms with E-state index in [0.29, 0.717) is 23.8 Å². The molecule has 114 valence electrons. The molecule has 0 N–H and O–H groups in total. The van der Waals surface area contributed by atoms with Gasteiger partial charge < -0.3 is 4.57 Å². The third kappa shape index (κ3) is 2.21. The van der Waals surface area contributed by atoms with Crippen LogP contribution in [-0.2, 0) is 20.6 Å². The summed E-state index contributed by atoms with van der Waals surface area (Å²) in [5.41, 5.74) is 0.340. The first kappa shape index (κ1) is 14.1. The fourth-order valence-corrected chi connectivity index (χ4v) is 3.12. The molecule has 1 fully saturated rings. The Morgan fingerprint density at radius 1 is 1.19 bits per heavy atom. The van der Waals surface area contributed by atoms with Gasteiger partial charge in [0, 0.05) is 26.7 Å². The van der Waals surface area contributed by atoms with Crippen LogP contribution in [0.1, 0.15) is 19.8 Å². The number of nitrogens with zero attached hydrogens (tertiary/aromatic N) is 5. The lowest BCUT2D eigenvalue weighted by atomic mass is 10.3. The maximum Gasteiger partial charge on any atom is 0.332 e. The Hall–Kier alpha value is -1.89. The molecular weight excluding hydrogens is 270 g/mol. The number of aromatic nitrogens is 4. The number of fused-ring (bicyclic) bond motifs is 1. The smallest absolute Gasteiger partial charge is 0.323 e. The van der Waals surface area contributed by atoms with Crippen molar-refractivity contribution in [3.05, 3.63) is 27.2 Å². The van der Waals surface area contributed by atoms with Crippen LogP contribution in [0.5, 0.6) is 0 Å². The van der Waals surface area contributed by atoms with Crippen LogP contribution in [0.4, 0.5) is 0 Å². The normalized spacial score (nSPS) is 17.7. The van der Waals surface area contributed by atoms with E-state index in [1.165, 1.54) is 24.5 Å². The van der Waals surface area contributed by atoms with Crippen molar-refractivity contribution in [2.75, 3.05) is 13.1 Å². The zero-order valence-corrected chi connectivity index (χ0v) is 12.7. The lowest BCUT2D eigenvalue weighted by Gasteiger charge is -2.24. The van der Waals surface area contributed by atoms with E-state index in [2.05, 4.69) is 16.8 Å². The third-order valence-electron chi connectivity index (χ3n) is 4.44. The molecule has 1 aliphatic heterocycles. The first-order valence-corrected chi connectivity index (χ1v) is 7.35. The van der Waals surface area contributed by atoms with Gasteiger partial charge in [0.25, 0.3) is 5.56 Å². The molecule has 3 heterocycles. The van der Waals surface area contributed by atoms with Crippen LogP contribution in [0.2, 0.25) is 0 Å². The molecule has 1 aliphatic rings. The van der Waals surface area contributed by atoms with E-state index in [4.69, 9.17) is 0 Å². The standard InChI is InChI=1S/C14H21N5O2/c1-10(18-6-4-5-7-18)8-19-9-15-12-11(19)13(20)17(3)14(21)16(12)2/h9-10H,4-8H2,1-3H3. The monoisotopic (exact) mass is 291 g/mol. The summed E-state index contributed by atoms with van der Waals surface area (Å²) in [6.45, 7) is 5.11. The highest BCUT2D eigenvalue weighted by Crippen LogP contribution is 2.14. The number of hydrogen-bond donors (Lipinski definition) is 0. The summed E-state index contributed by atoms with van der Waals surface area (Å²) in [4.78, 5) is 31.0. The Morgan fingerprint density at radius 2 is 1.86 bits per heavy atom. The van der Waals surface area contributed by atoms with E-state index in [0.717, 1.165) is 17.7 Å². The van der Waals surface area contributed by atoms with Gasteiger partial charge in [0.1, 0.15) is 0 Å². The summed E-state index contributed by atoms with van der Waals surface area (Å²) in [5, 5.41) is 0. The van der Waals surface area contributed by atoms with Gasteiger partial charge in [-0.15, -0.1) is 0 Å². The molecule has 21 heavy (non-hydrogen) atoms. The van der Waals surface area contributed by atoms with Gasteiger partial charge in [0.15, 0.2) is 11.2 Å². The molecule has 7 heteroatoms. The van der Waals surface area contributed by atoms with Gasteiger partial charge in [-0.1, -0.05) is 0 Å². The highest BCUT2D eigenvalue weighted by Gasteiger charge is 2.20. The van der Waals surface area contributed by atoms with Gasteiger partial charge in [-0.05, 0) is 32.9 Å². The quantitative estimate of drug-likeness (QED) is 0.793. The molecule has 0 aliphatic carbocycles. The number of likely N-dealkylation sites (tertiary alicyclic amines) is 1. The van der Waals surface area contributed by atoms with Crippen molar-refractivity contribution in [3.8, 4) is 0 Å². The van der Waals surface area contributed by atoms with E-state index >= 15 is 0 Å². The van der Waals surface area contributed by atoms with Crippen molar-refractivity contribution < 1.29 is 0 Å². The van der Waals surface area contributed by atoms with Gasteiger partial charge in [0.05, 0.1) is 6.33 Å². The van der Waals surface area contributed by atoms with Crippen molar-refractivity contribution in [2.45, 2.75) is 32.4 Å². The van der Waals surface area contributed by atoms with Crippen LogP contribution in [0.25, 0.3) is 11.2 Å². The zero-order chi connectivity index (χ0) is 15.1. The van der Waals surface area contributed by atoms with E-state index in [9.17, 15) is 9.59 Å². The number of hydrogen-bond acceptors (Lipinski definition) is 4. The Labute approximate surface area is 122 Å². The minimum atomic E-state index is -0.342. The molecule has 0 saturated carbocycles. The maximum absolute atomic E-state index is 12.4. The number of aryl methyl sites for hydroxylation is 1. The zero-order valence-electron chi connectivity index (χ0n) is 12.7. The molecule has 1 saturated heterocycles. The van der Waals surface area contributed by atoms with Gasteiger partial charge in [-0.3, -0.25) is 18.8 Å². The second-order valence-electron chi connectivity index (χ2n) is 5.87. The first-order valence-electron chi connectivity index (χ1n) is 7.35. The maximum atomic E-state index is 12.4. The predicted octanol–water partition coefficient (Wildman–Crippen LogP) is -0.0820. The van der Waals surface area contributed by atoms with E-state index in [1.54, 1.807) is 13.4 Å². The van der Waals surface area contributed by atoms with Gasteiger partial charge in [-0.25, -0.2) is 9.78 Å². The van der Waals surface area contributed by atoms with Crippen LogP contribution in [0.15, 0.2) is 15.9 Å². The van der Waals surface area contributed by atoms with Crippen molar-refractivity contribution in [2.24, 2.45) is 14.1 Å². The average molecular weight is 291 g/mol. The molecule has 0 amide bonds. The van der Waals surface area contributed by atoms with Gasteiger partial charge in [-0.2, -0.15) is 0 Å². The largest absolute Gasteiger partial charge is 0.332 e. The Balaban J connectivity index is 2.04. The van der Waals surface area contributed by atoms with Crippen LogP contribution < -0.4 is 11.2 Å². The SMILES string of the molecule is CC(Cn1cnc2c1c(=O)n(C)c(=O)n2C)N1CCCC1. The summed E-state index contributed by atoms with van der Waals surface area (Å²) in [6, 6.07) is 0.354. The lowest BCUT2D eigenvalue weighted by molar-refractivity contribution is 0.237. The number of imidazole rings is 1. The molecule has 0 bridgehead atoms. The fourth-order valence-electron chi connectivity index (χ4n) is 3.12. The summed E-state index contributed by atoms with van der Waals surface area (Å²) in [5.74, 6) is 0. The summed E-state index contributed by atoms with van der Waals surface area (Å²) < 4.78 is 4.44. The highest BCUT2D eigenvalue weighted by molar-refractivity contribution is 5.69. The lowest BCUT2D eigenvalue weighted by Crippen LogP contribution is -2.38. The Bertz CT molecular complexity index is 779. The minimum absolute atomic E-state index is 0.278. The van der Waals surface area contributed by atoms with Crippen molar-refractivity contribution in [3.63, 3.8) is 0 Å². The molecule has 0 spiro atoms.